The first kappa shape index (κ1) is 18.9. The van der Waals surface area contributed by atoms with E-state index in [1.54, 1.807) is 0 Å². The van der Waals surface area contributed by atoms with Crippen molar-refractivity contribution in [1.29, 1.82) is 0 Å². The molecule has 0 aliphatic rings. The van der Waals surface area contributed by atoms with Gasteiger partial charge in [0.1, 0.15) is 5.82 Å². The molecule has 2 aromatic rings. The summed E-state index contributed by atoms with van der Waals surface area (Å²) < 4.78 is 0. The molecule has 0 fully saturated rings. The van der Waals surface area contributed by atoms with Crippen molar-refractivity contribution in [3.63, 3.8) is 0 Å². The van der Waals surface area contributed by atoms with Crippen LogP contribution in [0.5, 0.6) is 0 Å². The highest BCUT2D eigenvalue weighted by Gasteiger charge is 2.03. The fourth-order valence-corrected chi connectivity index (χ4v) is 2.51. The van der Waals surface area contributed by atoms with Crippen LogP contribution in [0.15, 0.2) is 42.5 Å². The lowest BCUT2D eigenvalue weighted by Crippen LogP contribution is -2.31. The van der Waals surface area contributed by atoms with Gasteiger partial charge in [-0.25, -0.2) is 10.8 Å². The quantitative estimate of drug-likeness (QED) is 0.227. The van der Waals surface area contributed by atoms with Gasteiger partial charge in [0.2, 0.25) is 5.91 Å². The van der Waals surface area contributed by atoms with Crippen LogP contribution in [0.25, 0.3) is 0 Å². The molecule has 0 atom stereocenters. The van der Waals surface area contributed by atoms with Gasteiger partial charge in [0.25, 0.3) is 0 Å². The van der Waals surface area contributed by atoms with Gasteiger partial charge in [0, 0.05) is 18.8 Å². The molecule has 6 heteroatoms. The van der Waals surface area contributed by atoms with Gasteiger partial charge in [-0.2, -0.15) is 0 Å². The standard InChI is InChI=1S/C19H27N5O/c1-2-21-12-13-22-18-5-3-4-17(23-18)11-10-15-6-8-16(9-7-15)14-19(25)24-20/h3-9,21H,2,10-14,20H2,1H3,(H,22,23)(H,24,25). The van der Waals surface area contributed by atoms with Crippen LogP contribution in [0.3, 0.4) is 0 Å². The number of aryl methyl sites for hydroxylation is 2. The molecule has 1 heterocycles. The number of nitrogens with two attached hydrogens (primary N) is 1. The Hall–Kier alpha value is -2.44. The van der Waals surface area contributed by atoms with Gasteiger partial charge in [-0.1, -0.05) is 37.3 Å². The number of hydrazine groups is 1. The van der Waals surface area contributed by atoms with Crippen LogP contribution >= 0.6 is 0 Å². The highest BCUT2D eigenvalue weighted by atomic mass is 16.2. The maximum Gasteiger partial charge on any atom is 0.238 e. The molecule has 6 nitrogen and oxygen atoms in total. The summed E-state index contributed by atoms with van der Waals surface area (Å²) in [5.74, 6) is 5.83. The summed E-state index contributed by atoms with van der Waals surface area (Å²) in [7, 11) is 0. The monoisotopic (exact) mass is 341 g/mol. The van der Waals surface area contributed by atoms with Gasteiger partial charge in [-0.15, -0.1) is 0 Å². The van der Waals surface area contributed by atoms with Crippen molar-refractivity contribution in [2.24, 2.45) is 5.84 Å². The predicted molar refractivity (Wildman–Crippen MR) is 101 cm³/mol. The van der Waals surface area contributed by atoms with Gasteiger partial charge >= 0.3 is 0 Å². The first-order chi connectivity index (χ1) is 12.2. The number of nitrogens with zero attached hydrogens (tertiary/aromatic N) is 1. The van der Waals surface area contributed by atoms with E-state index >= 15 is 0 Å². The van der Waals surface area contributed by atoms with E-state index in [2.05, 4.69) is 46.2 Å². The van der Waals surface area contributed by atoms with Crippen LogP contribution in [0.4, 0.5) is 5.82 Å². The van der Waals surface area contributed by atoms with Crippen LogP contribution < -0.4 is 21.9 Å². The lowest BCUT2D eigenvalue weighted by Gasteiger charge is -2.08. The van der Waals surface area contributed by atoms with E-state index in [0.29, 0.717) is 6.42 Å². The minimum Gasteiger partial charge on any atom is -0.369 e. The molecule has 1 aromatic heterocycles. The van der Waals surface area contributed by atoms with E-state index in [-0.39, 0.29) is 5.91 Å². The summed E-state index contributed by atoms with van der Waals surface area (Å²) in [5.41, 5.74) is 5.40. The summed E-state index contributed by atoms with van der Waals surface area (Å²) in [5, 5.41) is 6.61. The Morgan fingerprint density at radius 2 is 1.80 bits per heavy atom. The number of amides is 1. The fourth-order valence-electron chi connectivity index (χ4n) is 2.51. The summed E-state index contributed by atoms with van der Waals surface area (Å²) >= 11 is 0. The number of aromatic nitrogens is 1. The number of hydrogen-bond acceptors (Lipinski definition) is 5. The van der Waals surface area contributed by atoms with Gasteiger partial charge in [-0.3, -0.25) is 10.2 Å². The molecule has 0 saturated carbocycles. The van der Waals surface area contributed by atoms with Crippen molar-refractivity contribution in [2.45, 2.75) is 26.2 Å². The van der Waals surface area contributed by atoms with Crippen molar-refractivity contribution in [3.8, 4) is 0 Å². The maximum absolute atomic E-state index is 11.3. The summed E-state index contributed by atoms with van der Waals surface area (Å²) in [6, 6.07) is 14.1. The zero-order chi connectivity index (χ0) is 17.9. The zero-order valence-electron chi connectivity index (χ0n) is 14.7. The van der Waals surface area contributed by atoms with Crippen molar-refractivity contribution >= 4 is 11.7 Å². The number of pyridine rings is 1. The van der Waals surface area contributed by atoms with E-state index in [9.17, 15) is 4.79 Å². The Labute approximate surface area is 149 Å². The zero-order valence-corrected chi connectivity index (χ0v) is 14.7. The van der Waals surface area contributed by atoms with Crippen LogP contribution in [-0.4, -0.2) is 30.5 Å². The number of likely N-dealkylation sites (N-methyl/N-ethyl adjacent to an activating group) is 1. The Morgan fingerprint density at radius 1 is 1.04 bits per heavy atom. The second-order valence-electron chi connectivity index (χ2n) is 5.86. The lowest BCUT2D eigenvalue weighted by molar-refractivity contribution is -0.120. The molecule has 0 spiro atoms. The fraction of sp³-hybridized carbons (Fsp3) is 0.368. The number of anilines is 1. The third kappa shape index (κ3) is 6.91. The number of carbonyl (C=O) groups is 1. The Morgan fingerprint density at radius 3 is 2.52 bits per heavy atom. The summed E-state index contributed by atoms with van der Waals surface area (Å²) in [6.07, 6.45) is 2.10. The van der Waals surface area contributed by atoms with E-state index in [1.807, 2.05) is 24.3 Å². The average molecular weight is 341 g/mol. The molecule has 1 amide bonds. The van der Waals surface area contributed by atoms with Gasteiger partial charge in [0.15, 0.2) is 0 Å². The predicted octanol–water partition coefficient (Wildman–Crippen LogP) is 1.42. The molecule has 25 heavy (non-hydrogen) atoms. The Balaban J connectivity index is 1.83. The highest BCUT2D eigenvalue weighted by molar-refractivity contribution is 5.77. The number of carbonyl (C=O) groups excluding carboxylic acids is 1. The second-order valence-corrected chi connectivity index (χ2v) is 5.86. The number of benzene rings is 1. The van der Waals surface area contributed by atoms with Gasteiger partial charge < -0.3 is 10.6 Å². The first-order valence-electron chi connectivity index (χ1n) is 8.69. The Bertz CT molecular complexity index is 657. The second kappa shape index (κ2) is 10.4. The van der Waals surface area contributed by atoms with Crippen LogP contribution in [0, 0.1) is 0 Å². The largest absolute Gasteiger partial charge is 0.369 e. The average Bonchev–Trinajstić information content (AvgIpc) is 2.65. The van der Waals surface area contributed by atoms with Crippen LogP contribution in [0.2, 0.25) is 0 Å². The molecule has 1 aromatic carbocycles. The van der Waals surface area contributed by atoms with E-state index in [1.165, 1.54) is 5.56 Å². The van der Waals surface area contributed by atoms with E-state index < -0.39 is 0 Å². The molecule has 5 N–H and O–H groups in total. The SMILES string of the molecule is CCNCCNc1cccc(CCc2ccc(CC(=O)NN)cc2)n1. The topological polar surface area (TPSA) is 92.1 Å². The minimum atomic E-state index is -0.185. The third-order valence-corrected chi connectivity index (χ3v) is 3.88. The van der Waals surface area contributed by atoms with Crippen LogP contribution in [0.1, 0.15) is 23.7 Å². The highest BCUT2D eigenvalue weighted by Crippen LogP contribution is 2.10. The van der Waals surface area contributed by atoms with Gasteiger partial charge in [0.05, 0.1) is 6.42 Å². The first-order valence-corrected chi connectivity index (χ1v) is 8.69. The van der Waals surface area contributed by atoms with E-state index in [0.717, 1.165) is 49.6 Å². The van der Waals surface area contributed by atoms with Crippen molar-refractivity contribution in [3.05, 3.63) is 59.3 Å². The molecule has 0 aliphatic heterocycles. The molecule has 0 saturated heterocycles. The number of hydrogen-bond donors (Lipinski definition) is 4. The number of nitrogens with one attached hydrogen (secondary N) is 3. The normalized spacial score (nSPS) is 10.5. The number of rotatable bonds is 10. The molecular weight excluding hydrogens is 314 g/mol. The molecule has 134 valence electrons. The molecule has 0 bridgehead atoms. The smallest absolute Gasteiger partial charge is 0.238 e. The molecule has 0 radical (unpaired) electrons. The van der Waals surface area contributed by atoms with Crippen molar-refractivity contribution in [2.75, 3.05) is 25.0 Å². The van der Waals surface area contributed by atoms with Gasteiger partial charge in [-0.05, 0) is 42.6 Å². The van der Waals surface area contributed by atoms with Crippen molar-refractivity contribution < 1.29 is 4.79 Å². The van der Waals surface area contributed by atoms with Crippen LogP contribution in [-0.2, 0) is 24.1 Å². The minimum absolute atomic E-state index is 0.185. The molecular formula is C19H27N5O. The maximum atomic E-state index is 11.3. The molecule has 2 rings (SSSR count). The molecule has 0 aliphatic carbocycles. The summed E-state index contributed by atoms with van der Waals surface area (Å²) in [4.78, 5) is 15.9. The van der Waals surface area contributed by atoms with Crippen molar-refractivity contribution in [1.82, 2.24) is 15.7 Å². The summed E-state index contributed by atoms with van der Waals surface area (Å²) in [6.45, 7) is 4.86. The van der Waals surface area contributed by atoms with E-state index in [4.69, 9.17) is 5.84 Å². The molecule has 0 unspecified atom stereocenters. The lowest BCUT2D eigenvalue weighted by atomic mass is 10.0. The third-order valence-electron chi connectivity index (χ3n) is 3.88. The Kier molecular flexibility index (Phi) is 7.88.